The van der Waals surface area contributed by atoms with Crippen molar-refractivity contribution in [1.82, 2.24) is 0 Å². The van der Waals surface area contributed by atoms with Gasteiger partial charge in [0, 0.05) is 24.9 Å². The number of aliphatic imine (C=N–C) groups is 1. The van der Waals surface area contributed by atoms with Gasteiger partial charge in [-0.3, -0.25) is 4.79 Å². The van der Waals surface area contributed by atoms with E-state index in [9.17, 15) is 13.2 Å². The summed E-state index contributed by atoms with van der Waals surface area (Å²) in [5.41, 5.74) is 5.98. The maximum Gasteiger partial charge on any atom is 0.278 e. The summed E-state index contributed by atoms with van der Waals surface area (Å²) in [7, 11) is -3.43. The van der Waals surface area contributed by atoms with E-state index in [4.69, 9.17) is 5.73 Å². The molecule has 114 valence electrons. The normalized spacial score (nSPS) is 16.3. The van der Waals surface area contributed by atoms with Crippen molar-refractivity contribution in [1.29, 1.82) is 0 Å². The van der Waals surface area contributed by atoms with Gasteiger partial charge in [0.25, 0.3) is 5.91 Å². The van der Waals surface area contributed by atoms with Crippen LogP contribution >= 0.6 is 0 Å². The fourth-order valence-electron chi connectivity index (χ4n) is 2.48. The van der Waals surface area contributed by atoms with Gasteiger partial charge in [-0.1, -0.05) is 0 Å². The zero-order valence-corrected chi connectivity index (χ0v) is 12.8. The summed E-state index contributed by atoms with van der Waals surface area (Å²) < 4.78 is 24.1. The van der Waals surface area contributed by atoms with Crippen molar-refractivity contribution in [2.75, 3.05) is 24.2 Å². The number of nitrogens with zero attached hydrogens (tertiary/aromatic N) is 2. The molecule has 1 heterocycles. The highest BCUT2D eigenvalue weighted by molar-refractivity contribution is 7.90. The van der Waals surface area contributed by atoms with Gasteiger partial charge in [-0.2, -0.15) is 4.99 Å². The molecular weight excluding hydrogens is 290 g/mol. The molecule has 2 rings (SSSR count). The van der Waals surface area contributed by atoms with Crippen LogP contribution in [0.1, 0.15) is 29.6 Å². The Kier molecular flexibility index (Phi) is 4.62. The molecule has 1 aromatic carbocycles. The first-order chi connectivity index (χ1) is 9.93. The van der Waals surface area contributed by atoms with Gasteiger partial charge in [0.15, 0.2) is 9.84 Å². The highest BCUT2D eigenvalue weighted by atomic mass is 32.2. The van der Waals surface area contributed by atoms with Gasteiger partial charge >= 0.3 is 0 Å². The maximum absolute atomic E-state index is 12.0. The molecule has 1 saturated heterocycles. The minimum atomic E-state index is -3.43. The number of anilines is 1. The second-order valence-electron chi connectivity index (χ2n) is 5.09. The Morgan fingerprint density at radius 3 is 2.52 bits per heavy atom. The van der Waals surface area contributed by atoms with Crippen molar-refractivity contribution in [2.24, 2.45) is 10.7 Å². The molecule has 0 atom stereocenters. The Balaban J connectivity index is 2.48. The second kappa shape index (κ2) is 6.26. The van der Waals surface area contributed by atoms with E-state index in [1.165, 1.54) is 6.07 Å². The molecule has 1 aliphatic rings. The number of benzene rings is 1. The lowest BCUT2D eigenvalue weighted by Gasteiger charge is -2.30. The number of nitrogens with two attached hydrogens (primary N) is 1. The SMILES string of the molecule is CS(=O)(=O)c1cc(C(=O)N=CN)ccc1N1CCCCC1. The average molecular weight is 309 g/mol. The lowest BCUT2D eigenvalue weighted by molar-refractivity contribution is 0.100. The molecule has 0 spiro atoms. The second-order valence-corrected chi connectivity index (χ2v) is 7.07. The lowest BCUT2D eigenvalue weighted by Crippen LogP contribution is -2.30. The van der Waals surface area contributed by atoms with Crippen molar-refractivity contribution >= 4 is 27.8 Å². The van der Waals surface area contributed by atoms with Crippen LogP contribution in [0.4, 0.5) is 5.69 Å². The van der Waals surface area contributed by atoms with Crippen LogP contribution in [-0.2, 0) is 9.84 Å². The quantitative estimate of drug-likeness (QED) is 0.669. The molecule has 6 nitrogen and oxygen atoms in total. The Bertz CT molecular complexity index is 662. The van der Waals surface area contributed by atoms with Gasteiger partial charge in [0.2, 0.25) is 0 Å². The van der Waals surface area contributed by atoms with Crippen LogP contribution in [0.3, 0.4) is 0 Å². The first-order valence-corrected chi connectivity index (χ1v) is 8.70. The fraction of sp³-hybridized carbons (Fsp3) is 0.429. The lowest BCUT2D eigenvalue weighted by atomic mass is 10.1. The Labute approximate surface area is 124 Å². The molecule has 1 amide bonds. The Morgan fingerprint density at radius 2 is 1.95 bits per heavy atom. The summed E-state index contributed by atoms with van der Waals surface area (Å²) in [5.74, 6) is -0.549. The van der Waals surface area contributed by atoms with Crippen molar-refractivity contribution in [3.05, 3.63) is 23.8 Å². The largest absolute Gasteiger partial charge is 0.390 e. The van der Waals surface area contributed by atoms with Crippen LogP contribution in [0.2, 0.25) is 0 Å². The first-order valence-electron chi connectivity index (χ1n) is 6.81. The summed E-state index contributed by atoms with van der Waals surface area (Å²) in [6.45, 7) is 1.66. The van der Waals surface area contributed by atoms with E-state index < -0.39 is 15.7 Å². The summed E-state index contributed by atoms with van der Waals surface area (Å²) in [4.78, 5) is 17.4. The van der Waals surface area contributed by atoms with Gasteiger partial charge in [0.1, 0.15) is 0 Å². The fourth-order valence-corrected chi connectivity index (χ4v) is 3.40. The molecule has 0 aromatic heterocycles. The molecule has 1 fully saturated rings. The van der Waals surface area contributed by atoms with E-state index in [2.05, 4.69) is 9.89 Å². The van der Waals surface area contributed by atoms with Crippen LogP contribution in [0.25, 0.3) is 0 Å². The number of hydrogen-bond acceptors (Lipinski definition) is 4. The van der Waals surface area contributed by atoms with Crippen LogP contribution in [0, 0.1) is 0 Å². The van der Waals surface area contributed by atoms with Gasteiger partial charge in [-0.25, -0.2) is 8.42 Å². The molecule has 0 bridgehead atoms. The van der Waals surface area contributed by atoms with E-state index in [1.54, 1.807) is 12.1 Å². The molecule has 0 aliphatic carbocycles. The zero-order valence-electron chi connectivity index (χ0n) is 11.9. The zero-order chi connectivity index (χ0) is 15.5. The summed E-state index contributed by atoms with van der Waals surface area (Å²) >= 11 is 0. The van der Waals surface area contributed by atoms with E-state index >= 15 is 0 Å². The van der Waals surface area contributed by atoms with Gasteiger partial charge in [-0.15, -0.1) is 0 Å². The van der Waals surface area contributed by atoms with Gasteiger partial charge in [0.05, 0.1) is 16.9 Å². The molecule has 0 saturated carbocycles. The van der Waals surface area contributed by atoms with Crippen LogP contribution in [0.5, 0.6) is 0 Å². The highest BCUT2D eigenvalue weighted by Gasteiger charge is 2.21. The standard InChI is InChI=1S/C14H19N3O3S/c1-21(19,20)13-9-11(14(18)16-10-15)5-6-12(13)17-7-3-2-4-8-17/h5-6,9-10H,2-4,7-8H2,1H3,(H2,15,16,18). The number of rotatable bonds is 3. The molecular formula is C14H19N3O3S. The summed E-state index contributed by atoms with van der Waals surface area (Å²) in [6, 6.07) is 4.66. The number of sulfone groups is 1. The predicted molar refractivity (Wildman–Crippen MR) is 82.6 cm³/mol. The topological polar surface area (TPSA) is 92.8 Å². The molecule has 1 aromatic rings. The smallest absolute Gasteiger partial charge is 0.278 e. The van der Waals surface area contributed by atoms with Crippen molar-refractivity contribution < 1.29 is 13.2 Å². The predicted octanol–water partition coefficient (Wildman–Crippen LogP) is 1.21. The van der Waals surface area contributed by atoms with Crippen molar-refractivity contribution in [3.63, 3.8) is 0 Å². The number of amides is 1. The third kappa shape index (κ3) is 3.60. The molecule has 1 aliphatic heterocycles. The molecule has 2 N–H and O–H groups in total. The summed E-state index contributed by atoms with van der Waals surface area (Å²) in [5, 5.41) is 0. The Morgan fingerprint density at radius 1 is 1.29 bits per heavy atom. The number of carbonyl (C=O) groups excluding carboxylic acids is 1. The third-order valence-electron chi connectivity index (χ3n) is 3.49. The molecule has 7 heteroatoms. The number of piperidine rings is 1. The summed E-state index contributed by atoms with van der Waals surface area (Å²) in [6.07, 6.45) is 5.30. The maximum atomic E-state index is 12.0. The van der Waals surface area contributed by atoms with E-state index in [-0.39, 0.29) is 10.5 Å². The number of carbonyl (C=O) groups is 1. The molecule has 21 heavy (non-hydrogen) atoms. The van der Waals surface area contributed by atoms with Gasteiger partial charge in [-0.05, 0) is 37.5 Å². The first kappa shape index (κ1) is 15.5. The van der Waals surface area contributed by atoms with Gasteiger partial charge < -0.3 is 10.6 Å². The monoisotopic (exact) mass is 309 g/mol. The average Bonchev–Trinajstić information content (AvgIpc) is 2.47. The van der Waals surface area contributed by atoms with Crippen molar-refractivity contribution in [3.8, 4) is 0 Å². The Hall–Kier alpha value is -1.89. The van der Waals surface area contributed by atoms with Crippen LogP contribution < -0.4 is 10.6 Å². The van der Waals surface area contributed by atoms with E-state index in [0.717, 1.165) is 44.9 Å². The van der Waals surface area contributed by atoms with E-state index in [1.807, 2.05) is 0 Å². The van der Waals surface area contributed by atoms with Crippen LogP contribution in [0.15, 0.2) is 28.1 Å². The minimum absolute atomic E-state index is 0.169. The molecule has 0 radical (unpaired) electrons. The highest BCUT2D eigenvalue weighted by Crippen LogP contribution is 2.29. The molecule has 0 unspecified atom stereocenters. The van der Waals surface area contributed by atoms with Crippen molar-refractivity contribution in [2.45, 2.75) is 24.2 Å². The minimum Gasteiger partial charge on any atom is -0.390 e. The third-order valence-corrected chi connectivity index (χ3v) is 4.62. The van der Waals surface area contributed by atoms with Crippen LogP contribution in [-0.4, -0.2) is 40.0 Å². The number of hydrogen-bond donors (Lipinski definition) is 1. The van der Waals surface area contributed by atoms with E-state index in [0.29, 0.717) is 5.69 Å².